The SMILES string of the molecule is O=C1c2ccc(-c3cc(F)cc(OC(F)F)c3)cc2N(S(=O)(=O)c2cccc(C(F)(F)F)c2)CN1C1CCOCC1. The third kappa shape index (κ3) is 5.84. The van der Waals surface area contributed by atoms with Crippen LogP contribution in [-0.4, -0.2) is 51.8 Å². The van der Waals surface area contributed by atoms with Crippen molar-refractivity contribution in [2.24, 2.45) is 0 Å². The minimum absolute atomic E-state index is 0.0409. The lowest BCUT2D eigenvalue weighted by Gasteiger charge is -2.42. The summed E-state index contributed by atoms with van der Waals surface area (Å²) in [5.74, 6) is -1.90. The van der Waals surface area contributed by atoms with Gasteiger partial charge in [-0.1, -0.05) is 12.1 Å². The molecule has 41 heavy (non-hydrogen) atoms. The fraction of sp³-hybridized carbons (Fsp3) is 0.296. The zero-order valence-electron chi connectivity index (χ0n) is 21.1. The van der Waals surface area contributed by atoms with Crippen molar-refractivity contribution in [3.8, 4) is 16.9 Å². The van der Waals surface area contributed by atoms with E-state index in [0.717, 1.165) is 40.7 Å². The smallest absolute Gasteiger partial charge is 0.416 e. The average Bonchev–Trinajstić information content (AvgIpc) is 2.92. The van der Waals surface area contributed by atoms with Gasteiger partial charge in [-0.2, -0.15) is 22.0 Å². The van der Waals surface area contributed by atoms with Crippen LogP contribution in [0, 0.1) is 5.82 Å². The van der Waals surface area contributed by atoms with Gasteiger partial charge in [0.1, 0.15) is 18.2 Å². The Morgan fingerprint density at radius 1 is 0.951 bits per heavy atom. The second kappa shape index (κ2) is 10.9. The van der Waals surface area contributed by atoms with Crippen LogP contribution in [0.15, 0.2) is 65.6 Å². The predicted molar refractivity (Wildman–Crippen MR) is 134 cm³/mol. The highest BCUT2D eigenvalue weighted by Crippen LogP contribution is 2.39. The van der Waals surface area contributed by atoms with E-state index in [0.29, 0.717) is 32.1 Å². The van der Waals surface area contributed by atoms with E-state index >= 15 is 0 Å². The summed E-state index contributed by atoms with van der Waals surface area (Å²) in [6, 6.07) is 9.66. The Balaban J connectivity index is 1.64. The van der Waals surface area contributed by atoms with Crippen LogP contribution in [0.2, 0.25) is 0 Å². The summed E-state index contributed by atoms with van der Waals surface area (Å²) in [7, 11) is -4.67. The van der Waals surface area contributed by atoms with E-state index in [-0.39, 0.29) is 28.4 Å². The molecule has 1 fully saturated rings. The van der Waals surface area contributed by atoms with Crippen molar-refractivity contribution in [2.45, 2.75) is 36.6 Å². The van der Waals surface area contributed by atoms with Gasteiger partial charge in [0.2, 0.25) is 0 Å². The van der Waals surface area contributed by atoms with Crippen molar-refractivity contribution in [1.82, 2.24) is 4.90 Å². The minimum Gasteiger partial charge on any atom is -0.435 e. The number of alkyl halides is 5. The fourth-order valence-corrected chi connectivity index (χ4v) is 6.34. The van der Waals surface area contributed by atoms with Gasteiger partial charge >= 0.3 is 12.8 Å². The molecule has 7 nitrogen and oxygen atoms in total. The number of ether oxygens (including phenoxy) is 2. The molecule has 0 aromatic heterocycles. The van der Waals surface area contributed by atoms with Crippen LogP contribution in [0.1, 0.15) is 28.8 Å². The van der Waals surface area contributed by atoms with Crippen LogP contribution in [0.3, 0.4) is 0 Å². The van der Waals surface area contributed by atoms with Gasteiger partial charge in [0.15, 0.2) is 0 Å². The Labute approximate surface area is 230 Å². The van der Waals surface area contributed by atoms with Gasteiger partial charge < -0.3 is 14.4 Å². The van der Waals surface area contributed by atoms with Crippen LogP contribution in [-0.2, 0) is 20.9 Å². The summed E-state index contributed by atoms with van der Waals surface area (Å²) in [6.45, 7) is -3.05. The molecule has 1 amide bonds. The summed E-state index contributed by atoms with van der Waals surface area (Å²) in [4.78, 5) is 14.2. The van der Waals surface area contributed by atoms with Crippen LogP contribution in [0.25, 0.3) is 11.1 Å². The molecule has 14 heteroatoms. The van der Waals surface area contributed by atoms with Crippen LogP contribution < -0.4 is 9.04 Å². The number of fused-ring (bicyclic) bond motifs is 1. The second-order valence-corrected chi connectivity index (χ2v) is 11.3. The molecule has 0 radical (unpaired) electrons. The summed E-state index contributed by atoms with van der Waals surface area (Å²) in [5.41, 5.74) is -1.19. The van der Waals surface area contributed by atoms with E-state index in [2.05, 4.69) is 4.74 Å². The van der Waals surface area contributed by atoms with Gasteiger partial charge in [-0.05, 0) is 66.4 Å². The number of carbonyl (C=O) groups is 1. The van der Waals surface area contributed by atoms with E-state index in [1.165, 1.54) is 23.1 Å². The van der Waals surface area contributed by atoms with Crippen molar-refractivity contribution in [1.29, 1.82) is 0 Å². The molecule has 0 spiro atoms. The van der Waals surface area contributed by atoms with Crippen LogP contribution >= 0.6 is 0 Å². The Morgan fingerprint density at radius 2 is 1.68 bits per heavy atom. The Kier molecular flexibility index (Phi) is 7.64. The molecule has 2 heterocycles. The van der Waals surface area contributed by atoms with E-state index in [4.69, 9.17) is 4.74 Å². The summed E-state index contributed by atoms with van der Waals surface area (Å²) in [5, 5.41) is 0. The number of hydrogen-bond donors (Lipinski definition) is 0. The first-order valence-corrected chi connectivity index (χ1v) is 13.8. The topological polar surface area (TPSA) is 76.2 Å². The van der Waals surface area contributed by atoms with Gasteiger partial charge in [0.25, 0.3) is 15.9 Å². The fourth-order valence-electron chi connectivity index (χ4n) is 4.88. The Bertz CT molecular complexity index is 1570. The molecule has 2 aliphatic heterocycles. The molecule has 0 N–H and O–H groups in total. The molecule has 0 atom stereocenters. The normalized spacial score (nSPS) is 16.7. The molecule has 218 valence electrons. The highest BCUT2D eigenvalue weighted by molar-refractivity contribution is 7.92. The Hall–Kier alpha value is -3.78. The molecule has 0 aliphatic carbocycles. The molecule has 3 aromatic carbocycles. The highest BCUT2D eigenvalue weighted by Gasteiger charge is 2.40. The number of benzene rings is 3. The molecule has 0 bridgehead atoms. The maximum atomic E-state index is 14.2. The van der Waals surface area contributed by atoms with Crippen molar-refractivity contribution >= 4 is 21.6 Å². The summed E-state index contributed by atoms with van der Waals surface area (Å²) >= 11 is 0. The van der Waals surface area contributed by atoms with E-state index in [1.807, 2.05) is 0 Å². The minimum atomic E-state index is -4.81. The van der Waals surface area contributed by atoms with E-state index in [9.17, 15) is 39.6 Å². The number of nitrogens with zero attached hydrogens (tertiary/aromatic N) is 2. The molecule has 0 saturated carbocycles. The number of anilines is 1. The molecule has 5 rings (SSSR count). The highest BCUT2D eigenvalue weighted by atomic mass is 32.2. The first-order chi connectivity index (χ1) is 19.3. The molecule has 2 aliphatic rings. The first kappa shape index (κ1) is 28.7. The van der Waals surface area contributed by atoms with Crippen LogP contribution in [0.4, 0.5) is 32.0 Å². The lowest BCUT2D eigenvalue weighted by molar-refractivity contribution is -0.137. The lowest BCUT2D eigenvalue weighted by atomic mass is 9.99. The number of hydrogen-bond acceptors (Lipinski definition) is 5. The van der Waals surface area contributed by atoms with Gasteiger partial charge in [-0.15, -0.1) is 0 Å². The summed E-state index contributed by atoms with van der Waals surface area (Å²) in [6.07, 6.45) is -3.96. The van der Waals surface area contributed by atoms with Gasteiger partial charge in [-0.3, -0.25) is 4.79 Å². The number of carbonyl (C=O) groups excluding carboxylic acids is 1. The number of halogens is 6. The zero-order valence-corrected chi connectivity index (χ0v) is 21.9. The standard InChI is InChI=1S/C27H22F6N2O5S/c28-19-10-17(11-21(14-19)40-26(29)30)16-4-5-23-24(12-16)35(15-34(25(23)36)20-6-8-39-9-7-20)41(37,38)22-3-1-2-18(13-22)27(31,32)33/h1-5,10-14,20,26H,6-9,15H2. The maximum Gasteiger partial charge on any atom is 0.416 e. The third-order valence-corrected chi connectivity index (χ3v) is 8.59. The third-order valence-electron chi connectivity index (χ3n) is 6.85. The van der Waals surface area contributed by atoms with Crippen molar-refractivity contribution in [2.75, 3.05) is 24.2 Å². The second-order valence-electron chi connectivity index (χ2n) is 9.43. The van der Waals surface area contributed by atoms with Gasteiger partial charge in [-0.25, -0.2) is 17.1 Å². The molecule has 1 saturated heterocycles. The maximum absolute atomic E-state index is 14.2. The molecular weight excluding hydrogens is 578 g/mol. The monoisotopic (exact) mass is 600 g/mol. The van der Waals surface area contributed by atoms with Crippen molar-refractivity contribution < 1.29 is 49.0 Å². The zero-order chi connectivity index (χ0) is 29.5. The quantitative estimate of drug-likeness (QED) is 0.330. The number of amides is 1. The van der Waals surface area contributed by atoms with Crippen molar-refractivity contribution in [3.63, 3.8) is 0 Å². The average molecular weight is 601 g/mol. The predicted octanol–water partition coefficient (Wildman–Crippen LogP) is 5.90. The largest absolute Gasteiger partial charge is 0.435 e. The summed E-state index contributed by atoms with van der Waals surface area (Å²) < 4.78 is 118. The van der Waals surface area contributed by atoms with E-state index < -0.39 is 57.4 Å². The number of sulfonamides is 1. The first-order valence-electron chi connectivity index (χ1n) is 12.3. The Morgan fingerprint density at radius 3 is 2.37 bits per heavy atom. The molecular formula is C27H22F6N2O5S. The van der Waals surface area contributed by atoms with E-state index in [1.54, 1.807) is 0 Å². The van der Waals surface area contributed by atoms with Crippen molar-refractivity contribution in [3.05, 3.63) is 77.6 Å². The molecule has 0 unspecified atom stereocenters. The van der Waals surface area contributed by atoms with Gasteiger partial charge in [0, 0.05) is 25.3 Å². The lowest BCUT2D eigenvalue weighted by Crippen LogP contribution is -2.54. The van der Waals surface area contributed by atoms with Gasteiger partial charge in [0.05, 0.1) is 21.7 Å². The molecule has 3 aromatic rings. The number of rotatable bonds is 6. The van der Waals surface area contributed by atoms with Crippen LogP contribution in [0.5, 0.6) is 5.75 Å².